The molecule has 1 saturated heterocycles. The van der Waals surface area contributed by atoms with Gasteiger partial charge in [-0.1, -0.05) is 19.1 Å². The standard InChI is InChI=1S/C15H21NO3/c1-15(7-8-16-11-15)14(17)12-5-3-4-6-13(12)19-10-9-18-2/h3-6,16H,7-11H2,1-2H3. The van der Waals surface area contributed by atoms with Crippen molar-refractivity contribution in [2.75, 3.05) is 33.4 Å². The largest absolute Gasteiger partial charge is 0.490 e. The van der Waals surface area contributed by atoms with Gasteiger partial charge < -0.3 is 14.8 Å². The number of methoxy groups -OCH3 is 1. The molecule has 2 rings (SSSR count). The van der Waals surface area contributed by atoms with E-state index in [9.17, 15) is 4.79 Å². The topological polar surface area (TPSA) is 47.6 Å². The number of ether oxygens (including phenoxy) is 2. The van der Waals surface area contributed by atoms with E-state index in [1.165, 1.54) is 0 Å². The number of Topliss-reactive ketones (excluding diaryl/α,β-unsaturated/α-hetero) is 1. The molecule has 1 fully saturated rings. The molecule has 0 spiro atoms. The monoisotopic (exact) mass is 263 g/mol. The summed E-state index contributed by atoms with van der Waals surface area (Å²) in [5, 5.41) is 3.25. The number of hydrogen-bond donors (Lipinski definition) is 1. The number of ketones is 1. The number of carbonyl (C=O) groups excluding carboxylic acids is 1. The number of benzene rings is 1. The van der Waals surface area contributed by atoms with Crippen molar-refractivity contribution in [3.63, 3.8) is 0 Å². The van der Waals surface area contributed by atoms with E-state index in [0.717, 1.165) is 19.5 Å². The minimum atomic E-state index is -0.319. The summed E-state index contributed by atoms with van der Waals surface area (Å²) in [5.41, 5.74) is 0.352. The van der Waals surface area contributed by atoms with Crippen LogP contribution in [-0.2, 0) is 4.74 Å². The molecule has 19 heavy (non-hydrogen) atoms. The van der Waals surface area contributed by atoms with Crippen molar-refractivity contribution >= 4 is 5.78 Å². The van der Waals surface area contributed by atoms with Crippen molar-refractivity contribution in [2.45, 2.75) is 13.3 Å². The summed E-state index contributed by atoms with van der Waals surface area (Å²) in [4.78, 5) is 12.7. The highest BCUT2D eigenvalue weighted by Crippen LogP contribution is 2.32. The van der Waals surface area contributed by atoms with Crippen LogP contribution in [0, 0.1) is 5.41 Å². The fraction of sp³-hybridized carbons (Fsp3) is 0.533. The van der Waals surface area contributed by atoms with E-state index >= 15 is 0 Å². The average molecular weight is 263 g/mol. The molecule has 0 amide bonds. The third kappa shape index (κ3) is 3.14. The first kappa shape index (κ1) is 14.0. The smallest absolute Gasteiger partial charge is 0.173 e. The highest BCUT2D eigenvalue weighted by atomic mass is 16.5. The zero-order valence-corrected chi connectivity index (χ0v) is 11.6. The fourth-order valence-electron chi connectivity index (χ4n) is 2.35. The van der Waals surface area contributed by atoms with Crippen LogP contribution >= 0.6 is 0 Å². The number of rotatable bonds is 6. The maximum atomic E-state index is 12.7. The molecule has 104 valence electrons. The number of hydrogen-bond acceptors (Lipinski definition) is 4. The molecule has 1 unspecified atom stereocenters. The summed E-state index contributed by atoms with van der Waals surface area (Å²) in [7, 11) is 1.63. The summed E-state index contributed by atoms with van der Waals surface area (Å²) in [6.45, 7) is 4.62. The molecule has 1 aromatic rings. The van der Waals surface area contributed by atoms with Gasteiger partial charge in [0.25, 0.3) is 0 Å². The Morgan fingerprint density at radius 2 is 2.16 bits per heavy atom. The Morgan fingerprint density at radius 3 is 2.84 bits per heavy atom. The summed E-state index contributed by atoms with van der Waals surface area (Å²) in [5.74, 6) is 0.809. The number of carbonyl (C=O) groups is 1. The molecule has 0 saturated carbocycles. The molecule has 0 radical (unpaired) electrons. The molecule has 1 aromatic carbocycles. The molecule has 4 nitrogen and oxygen atoms in total. The predicted octanol–water partition coefficient (Wildman–Crippen LogP) is 1.89. The van der Waals surface area contributed by atoms with Crippen LogP contribution in [0.25, 0.3) is 0 Å². The third-order valence-corrected chi connectivity index (χ3v) is 3.59. The second-order valence-electron chi connectivity index (χ2n) is 5.15. The summed E-state index contributed by atoms with van der Waals surface area (Å²) in [6, 6.07) is 7.44. The van der Waals surface area contributed by atoms with E-state index in [-0.39, 0.29) is 11.2 Å². The molecule has 1 N–H and O–H groups in total. The van der Waals surface area contributed by atoms with Gasteiger partial charge in [-0.15, -0.1) is 0 Å². The molecular formula is C15H21NO3. The zero-order valence-electron chi connectivity index (χ0n) is 11.6. The van der Waals surface area contributed by atoms with Crippen LogP contribution in [0.2, 0.25) is 0 Å². The Bertz CT molecular complexity index is 439. The van der Waals surface area contributed by atoms with Gasteiger partial charge in [0.1, 0.15) is 12.4 Å². The molecule has 1 aliphatic heterocycles. The van der Waals surface area contributed by atoms with Gasteiger partial charge in [-0.3, -0.25) is 4.79 Å². The lowest BCUT2D eigenvalue weighted by Gasteiger charge is -2.22. The van der Waals surface area contributed by atoms with E-state index in [1.807, 2.05) is 31.2 Å². The third-order valence-electron chi connectivity index (χ3n) is 3.59. The van der Waals surface area contributed by atoms with Crippen LogP contribution in [0.15, 0.2) is 24.3 Å². The molecule has 4 heteroatoms. The van der Waals surface area contributed by atoms with Gasteiger partial charge in [0, 0.05) is 19.1 Å². The lowest BCUT2D eigenvalue weighted by molar-refractivity contribution is 0.0832. The lowest BCUT2D eigenvalue weighted by atomic mass is 9.81. The first-order valence-electron chi connectivity index (χ1n) is 6.64. The maximum Gasteiger partial charge on any atom is 0.173 e. The van der Waals surface area contributed by atoms with Crippen molar-refractivity contribution in [3.05, 3.63) is 29.8 Å². The molecule has 0 aromatic heterocycles. The van der Waals surface area contributed by atoms with E-state index in [1.54, 1.807) is 7.11 Å². The molecular weight excluding hydrogens is 242 g/mol. The maximum absolute atomic E-state index is 12.7. The second-order valence-corrected chi connectivity index (χ2v) is 5.15. The zero-order chi connectivity index (χ0) is 13.7. The highest BCUT2D eigenvalue weighted by molar-refractivity contribution is 6.02. The molecule has 1 aliphatic rings. The van der Waals surface area contributed by atoms with Gasteiger partial charge in [0.05, 0.1) is 12.2 Å². The van der Waals surface area contributed by atoms with Gasteiger partial charge in [-0.05, 0) is 25.1 Å². The normalized spacial score (nSPS) is 22.4. The Balaban J connectivity index is 2.16. The van der Waals surface area contributed by atoms with Crippen LogP contribution in [0.5, 0.6) is 5.75 Å². The molecule has 1 atom stereocenters. The Morgan fingerprint density at radius 1 is 1.37 bits per heavy atom. The average Bonchev–Trinajstić information content (AvgIpc) is 2.87. The quantitative estimate of drug-likeness (QED) is 0.629. The van der Waals surface area contributed by atoms with Crippen molar-refractivity contribution in [1.29, 1.82) is 0 Å². The summed E-state index contributed by atoms with van der Waals surface area (Å²) < 4.78 is 10.6. The van der Waals surface area contributed by atoms with Crippen LogP contribution in [0.1, 0.15) is 23.7 Å². The van der Waals surface area contributed by atoms with Crippen molar-refractivity contribution in [2.24, 2.45) is 5.41 Å². The van der Waals surface area contributed by atoms with E-state index in [2.05, 4.69) is 5.32 Å². The first-order chi connectivity index (χ1) is 9.17. The fourth-order valence-corrected chi connectivity index (χ4v) is 2.35. The molecule has 0 bridgehead atoms. The van der Waals surface area contributed by atoms with E-state index in [4.69, 9.17) is 9.47 Å². The van der Waals surface area contributed by atoms with Gasteiger partial charge in [-0.25, -0.2) is 0 Å². The van der Waals surface area contributed by atoms with Gasteiger partial charge in [0.2, 0.25) is 0 Å². The van der Waals surface area contributed by atoms with E-state index in [0.29, 0.717) is 24.5 Å². The Kier molecular flexibility index (Phi) is 4.56. The lowest BCUT2D eigenvalue weighted by Crippen LogP contribution is -2.30. The van der Waals surface area contributed by atoms with E-state index < -0.39 is 0 Å². The van der Waals surface area contributed by atoms with Gasteiger partial charge in [0.15, 0.2) is 5.78 Å². The van der Waals surface area contributed by atoms with Gasteiger partial charge in [-0.2, -0.15) is 0 Å². The summed E-state index contributed by atoms with van der Waals surface area (Å²) >= 11 is 0. The SMILES string of the molecule is COCCOc1ccccc1C(=O)C1(C)CCNC1. The highest BCUT2D eigenvalue weighted by Gasteiger charge is 2.37. The van der Waals surface area contributed by atoms with Crippen molar-refractivity contribution < 1.29 is 14.3 Å². The van der Waals surface area contributed by atoms with Crippen LogP contribution < -0.4 is 10.1 Å². The predicted molar refractivity (Wildman–Crippen MR) is 73.7 cm³/mol. The van der Waals surface area contributed by atoms with Gasteiger partial charge >= 0.3 is 0 Å². The number of nitrogens with one attached hydrogen (secondary N) is 1. The molecule has 1 heterocycles. The second kappa shape index (κ2) is 6.17. The number of para-hydroxylation sites is 1. The first-order valence-corrected chi connectivity index (χ1v) is 6.64. The van der Waals surface area contributed by atoms with Crippen molar-refractivity contribution in [1.82, 2.24) is 5.32 Å². The van der Waals surface area contributed by atoms with Crippen LogP contribution in [0.3, 0.4) is 0 Å². The van der Waals surface area contributed by atoms with Crippen LogP contribution in [-0.4, -0.2) is 39.2 Å². The Hall–Kier alpha value is -1.39. The minimum Gasteiger partial charge on any atom is -0.490 e. The minimum absolute atomic E-state index is 0.158. The van der Waals surface area contributed by atoms with Crippen molar-refractivity contribution in [3.8, 4) is 5.75 Å². The van der Waals surface area contributed by atoms with Crippen LogP contribution in [0.4, 0.5) is 0 Å². The Labute approximate surface area is 114 Å². The summed E-state index contributed by atoms with van der Waals surface area (Å²) in [6.07, 6.45) is 0.873. The molecule has 0 aliphatic carbocycles.